The van der Waals surface area contributed by atoms with Crippen molar-refractivity contribution in [1.82, 2.24) is 0 Å². The molecule has 0 aromatic heterocycles. The minimum atomic E-state index is -4.37. The molecule has 0 spiro atoms. The first-order valence-corrected chi connectivity index (χ1v) is 26.2. The van der Waals surface area contributed by atoms with E-state index in [0.717, 1.165) is 32.1 Å². The minimum Gasteiger partial charge on any atom is -0.462 e. The number of hydrogen-bond donors (Lipinski definition) is 2. The third kappa shape index (κ3) is 44.3. The number of nitrogens with two attached hydrogens (primary N) is 1. The van der Waals surface area contributed by atoms with Crippen LogP contribution in [0.4, 0.5) is 0 Å². The zero-order valence-electron chi connectivity index (χ0n) is 38.1. The molecule has 0 amide bonds. The van der Waals surface area contributed by atoms with Crippen molar-refractivity contribution in [3.63, 3.8) is 0 Å². The van der Waals surface area contributed by atoms with Crippen molar-refractivity contribution in [2.75, 3.05) is 26.4 Å². The first kappa shape index (κ1) is 56.8. The first-order valence-electron chi connectivity index (χ1n) is 24.7. The molecule has 0 fully saturated rings. The maximum atomic E-state index is 12.6. The summed E-state index contributed by atoms with van der Waals surface area (Å²) in [6, 6.07) is 0. The molecule has 0 heterocycles. The van der Waals surface area contributed by atoms with Gasteiger partial charge in [-0.3, -0.25) is 18.6 Å². The monoisotopic (exact) mass is 844 g/mol. The van der Waals surface area contributed by atoms with E-state index < -0.39 is 26.5 Å². The number of phosphoric ester groups is 1. The Bertz CT molecular complexity index is 964. The van der Waals surface area contributed by atoms with Gasteiger partial charge in [0, 0.05) is 19.4 Å². The smallest absolute Gasteiger partial charge is 0.462 e. The molecule has 0 aromatic rings. The van der Waals surface area contributed by atoms with Crippen molar-refractivity contribution >= 4 is 19.8 Å². The zero-order chi connectivity index (χ0) is 42.5. The maximum absolute atomic E-state index is 12.6. The van der Waals surface area contributed by atoms with Gasteiger partial charge >= 0.3 is 19.8 Å². The lowest BCUT2D eigenvalue weighted by Crippen LogP contribution is -2.29. The number of allylic oxidation sites excluding steroid dienone is 2. The second kappa shape index (κ2) is 45.3. The number of unbranched alkanes of at least 4 members (excludes halogenated alkanes) is 32. The molecule has 0 radical (unpaired) electrons. The number of phosphoric acid groups is 1. The topological polar surface area (TPSA) is 134 Å². The largest absolute Gasteiger partial charge is 0.472 e. The van der Waals surface area contributed by atoms with Crippen LogP contribution < -0.4 is 5.73 Å². The van der Waals surface area contributed by atoms with Crippen molar-refractivity contribution in [2.24, 2.45) is 5.73 Å². The van der Waals surface area contributed by atoms with Crippen molar-refractivity contribution in [3.8, 4) is 0 Å². The SMILES string of the molecule is CCCC/C=C/CCCCCCCCCCCC(=O)OC[C@H](COP(=O)(O)OCCN)OC(=O)CCCCCCCCCCCCCCCCCCCCCCCC. The van der Waals surface area contributed by atoms with Gasteiger partial charge in [0.25, 0.3) is 0 Å². The van der Waals surface area contributed by atoms with Crippen LogP contribution in [0, 0.1) is 0 Å². The summed E-state index contributed by atoms with van der Waals surface area (Å²) in [5.74, 6) is -0.816. The molecule has 0 aliphatic heterocycles. The van der Waals surface area contributed by atoms with Gasteiger partial charge in [0.05, 0.1) is 13.2 Å². The Morgan fingerprint density at radius 2 is 0.862 bits per heavy atom. The van der Waals surface area contributed by atoms with E-state index in [1.165, 1.54) is 186 Å². The number of ether oxygens (including phenoxy) is 2. The maximum Gasteiger partial charge on any atom is 0.472 e. The molecule has 2 atom stereocenters. The zero-order valence-corrected chi connectivity index (χ0v) is 38.9. The summed E-state index contributed by atoms with van der Waals surface area (Å²) >= 11 is 0. The molecule has 0 saturated heterocycles. The summed E-state index contributed by atoms with van der Waals surface area (Å²) in [4.78, 5) is 35.0. The molecular weight excluding hydrogens is 750 g/mol. The molecule has 10 heteroatoms. The third-order valence-corrected chi connectivity index (χ3v) is 11.9. The number of carbonyl (C=O) groups is 2. The van der Waals surface area contributed by atoms with E-state index in [2.05, 4.69) is 26.0 Å². The van der Waals surface area contributed by atoms with Crippen molar-refractivity contribution in [3.05, 3.63) is 12.2 Å². The fourth-order valence-electron chi connectivity index (χ4n) is 7.21. The summed E-state index contributed by atoms with van der Waals surface area (Å²) in [6.45, 7) is 3.75. The average Bonchev–Trinajstić information content (AvgIpc) is 3.21. The third-order valence-electron chi connectivity index (χ3n) is 10.9. The van der Waals surface area contributed by atoms with E-state index in [1.807, 2.05) is 0 Å². The first-order chi connectivity index (χ1) is 28.3. The van der Waals surface area contributed by atoms with Crippen LogP contribution in [0.5, 0.6) is 0 Å². The lowest BCUT2D eigenvalue weighted by atomic mass is 10.0. The normalized spacial score (nSPS) is 13.2. The van der Waals surface area contributed by atoms with Crippen LogP contribution in [0.15, 0.2) is 12.2 Å². The van der Waals surface area contributed by atoms with Crippen molar-refractivity contribution in [2.45, 2.75) is 258 Å². The lowest BCUT2D eigenvalue weighted by Gasteiger charge is -2.19. The highest BCUT2D eigenvalue weighted by atomic mass is 31.2. The molecule has 0 aliphatic carbocycles. The van der Waals surface area contributed by atoms with Gasteiger partial charge in [-0.1, -0.05) is 219 Å². The van der Waals surface area contributed by atoms with Gasteiger partial charge in [0.15, 0.2) is 6.10 Å². The van der Waals surface area contributed by atoms with E-state index in [1.54, 1.807) is 0 Å². The summed E-state index contributed by atoms with van der Waals surface area (Å²) in [6.07, 6.45) is 48.2. The predicted octanol–water partition coefficient (Wildman–Crippen LogP) is 14.6. The number of esters is 2. The van der Waals surface area contributed by atoms with Crippen molar-refractivity contribution in [1.29, 1.82) is 0 Å². The standard InChI is InChI=1S/C48H94NO8P/c1-3-5-7-9-11-13-15-17-19-20-21-22-23-24-25-27-29-31-33-35-37-39-41-48(51)57-46(45-56-58(52,53)55-43-42-49)44-54-47(50)40-38-36-34-32-30-28-26-18-16-14-12-10-8-6-4-2/h10,12,46H,3-9,11,13-45,49H2,1-2H3,(H,52,53)/b12-10+/t46-/m1/s1. The van der Waals surface area contributed by atoms with E-state index in [9.17, 15) is 19.0 Å². The Kier molecular flexibility index (Phi) is 44.3. The predicted molar refractivity (Wildman–Crippen MR) is 243 cm³/mol. The molecule has 0 saturated carbocycles. The summed E-state index contributed by atoms with van der Waals surface area (Å²) in [5.41, 5.74) is 5.36. The van der Waals surface area contributed by atoms with Gasteiger partial charge in [0.1, 0.15) is 6.61 Å². The summed E-state index contributed by atoms with van der Waals surface area (Å²) in [7, 11) is -4.37. The van der Waals surface area contributed by atoms with Crippen LogP contribution >= 0.6 is 7.82 Å². The van der Waals surface area contributed by atoms with Gasteiger partial charge in [-0.05, 0) is 32.1 Å². The van der Waals surface area contributed by atoms with Gasteiger partial charge in [-0.25, -0.2) is 4.57 Å². The minimum absolute atomic E-state index is 0.0563. The van der Waals surface area contributed by atoms with Crippen LogP contribution in [-0.4, -0.2) is 49.3 Å². The Hall–Kier alpha value is -1.25. The van der Waals surface area contributed by atoms with E-state index in [0.29, 0.717) is 6.42 Å². The highest BCUT2D eigenvalue weighted by molar-refractivity contribution is 7.47. The Labute approximate surface area is 358 Å². The number of rotatable bonds is 47. The van der Waals surface area contributed by atoms with Crippen LogP contribution in [0.3, 0.4) is 0 Å². The van der Waals surface area contributed by atoms with Crippen LogP contribution in [0.25, 0.3) is 0 Å². The molecular formula is C48H94NO8P. The van der Waals surface area contributed by atoms with Crippen LogP contribution in [0.2, 0.25) is 0 Å². The molecule has 0 aromatic carbocycles. The van der Waals surface area contributed by atoms with E-state index in [4.69, 9.17) is 24.3 Å². The second-order valence-electron chi connectivity index (χ2n) is 16.7. The number of hydrogen-bond acceptors (Lipinski definition) is 8. The quantitative estimate of drug-likeness (QED) is 0.0266. The van der Waals surface area contributed by atoms with E-state index in [-0.39, 0.29) is 38.6 Å². The molecule has 0 aliphatic rings. The highest BCUT2D eigenvalue weighted by Gasteiger charge is 2.26. The summed E-state index contributed by atoms with van der Waals surface area (Å²) in [5, 5.41) is 0. The van der Waals surface area contributed by atoms with Crippen LogP contribution in [-0.2, 0) is 32.7 Å². The van der Waals surface area contributed by atoms with E-state index >= 15 is 0 Å². The average molecular weight is 844 g/mol. The molecule has 3 N–H and O–H groups in total. The Balaban J connectivity index is 4.00. The summed E-state index contributed by atoms with van der Waals surface area (Å²) < 4.78 is 32.9. The van der Waals surface area contributed by atoms with Gasteiger partial charge in [0.2, 0.25) is 0 Å². The van der Waals surface area contributed by atoms with Gasteiger partial charge in [-0.15, -0.1) is 0 Å². The molecule has 9 nitrogen and oxygen atoms in total. The molecule has 344 valence electrons. The number of carbonyl (C=O) groups excluding carboxylic acids is 2. The van der Waals surface area contributed by atoms with Crippen LogP contribution in [0.1, 0.15) is 251 Å². The second-order valence-corrected chi connectivity index (χ2v) is 18.1. The highest BCUT2D eigenvalue weighted by Crippen LogP contribution is 2.43. The molecule has 0 rings (SSSR count). The molecule has 1 unspecified atom stereocenters. The fourth-order valence-corrected chi connectivity index (χ4v) is 7.97. The fraction of sp³-hybridized carbons (Fsp3) is 0.917. The Morgan fingerprint density at radius 1 is 0.500 bits per heavy atom. The molecule has 0 bridgehead atoms. The van der Waals surface area contributed by atoms with Gasteiger partial charge in [-0.2, -0.15) is 0 Å². The Morgan fingerprint density at radius 3 is 1.28 bits per heavy atom. The lowest BCUT2D eigenvalue weighted by molar-refractivity contribution is -0.161. The van der Waals surface area contributed by atoms with Gasteiger partial charge < -0.3 is 20.1 Å². The van der Waals surface area contributed by atoms with Crippen molar-refractivity contribution < 1.29 is 37.6 Å². The molecule has 58 heavy (non-hydrogen) atoms.